The van der Waals surface area contributed by atoms with Crippen molar-refractivity contribution in [3.8, 4) is 11.5 Å². The molecular formula is C29H28N4O14. The summed E-state index contributed by atoms with van der Waals surface area (Å²) in [5, 5.41) is 59.9. The Balaban J connectivity index is 0.000000581. The number of phenols is 1. The summed E-state index contributed by atoms with van der Waals surface area (Å²) >= 11 is 0. The molecule has 0 saturated carbocycles. The molecule has 0 aliphatic rings. The highest BCUT2D eigenvalue weighted by molar-refractivity contribution is 5.88. The van der Waals surface area contributed by atoms with Gasteiger partial charge in [0.15, 0.2) is 0 Å². The molecule has 0 radical (unpaired) electrons. The summed E-state index contributed by atoms with van der Waals surface area (Å²) in [6.07, 6.45) is 0. The van der Waals surface area contributed by atoms with Crippen molar-refractivity contribution in [3.63, 3.8) is 0 Å². The predicted octanol–water partition coefficient (Wildman–Crippen LogP) is 4.92. The number of rotatable bonds is 7. The van der Waals surface area contributed by atoms with Gasteiger partial charge in [0, 0.05) is 44.0 Å². The van der Waals surface area contributed by atoms with Gasteiger partial charge in [-0.3, -0.25) is 25.0 Å². The van der Waals surface area contributed by atoms with Crippen LogP contribution in [0.4, 0.5) is 17.1 Å². The fraction of sp³-hybridized carbons (Fsp3) is 0.0690. The Hall–Kier alpha value is -7.11. The molecule has 0 bridgehead atoms. The van der Waals surface area contributed by atoms with E-state index in [4.69, 9.17) is 30.6 Å². The number of non-ortho nitro benzene ring substituents is 2. The van der Waals surface area contributed by atoms with E-state index >= 15 is 0 Å². The Morgan fingerprint density at radius 3 is 1.57 bits per heavy atom. The number of aromatic hydroxyl groups is 1. The number of carboxylic acid groups (broad SMARTS) is 2. The second kappa shape index (κ2) is 21.6. The van der Waals surface area contributed by atoms with Gasteiger partial charge in [0.2, 0.25) is 0 Å². The van der Waals surface area contributed by atoms with E-state index in [2.05, 4.69) is 4.74 Å². The van der Waals surface area contributed by atoms with Crippen LogP contribution in [0.25, 0.3) is 0 Å². The van der Waals surface area contributed by atoms with Gasteiger partial charge in [0.25, 0.3) is 22.9 Å². The van der Waals surface area contributed by atoms with Gasteiger partial charge in [-0.1, -0.05) is 36.4 Å². The number of carbonyl (C=O) groups is 3. The van der Waals surface area contributed by atoms with Crippen molar-refractivity contribution in [2.45, 2.75) is 0 Å². The number of ether oxygens (including phenoxy) is 1. The third kappa shape index (κ3) is 18.2. The van der Waals surface area contributed by atoms with E-state index in [9.17, 15) is 34.6 Å². The Labute approximate surface area is 265 Å². The Kier molecular flexibility index (Phi) is 18.3. The van der Waals surface area contributed by atoms with Gasteiger partial charge in [-0.25, -0.2) is 9.59 Å². The Bertz CT molecular complexity index is 1600. The van der Waals surface area contributed by atoms with Crippen LogP contribution < -0.4 is 9.64 Å². The maximum Gasteiger partial charge on any atom is 0.335 e. The quantitative estimate of drug-likeness (QED) is 0.117. The zero-order valence-electron chi connectivity index (χ0n) is 24.6. The highest BCUT2D eigenvalue weighted by Crippen LogP contribution is 2.18. The number of phenolic OH excluding ortho intramolecular Hbond substituents is 1. The Morgan fingerprint density at radius 2 is 1.17 bits per heavy atom. The third-order valence-electron chi connectivity index (χ3n) is 4.88. The fourth-order valence-electron chi connectivity index (χ4n) is 2.83. The lowest BCUT2D eigenvalue weighted by molar-refractivity contribution is -0.742. The molecular weight excluding hydrogens is 628 g/mol. The van der Waals surface area contributed by atoms with Gasteiger partial charge >= 0.3 is 11.9 Å². The van der Waals surface area contributed by atoms with Gasteiger partial charge in [0.1, 0.15) is 11.5 Å². The molecule has 4 rings (SSSR count). The molecule has 4 aromatic rings. The molecule has 0 aliphatic carbocycles. The van der Waals surface area contributed by atoms with Crippen molar-refractivity contribution >= 4 is 35.5 Å². The number of hydrogen-bond donors (Lipinski definition) is 4. The van der Waals surface area contributed by atoms with E-state index in [0.29, 0.717) is 11.3 Å². The van der Waals surface area contributed by atoms with Crippen LogP contribution in [0.2, 0.25) is 0 Å². The van der Waals surface area contributed by atoms with Crippen LogP contribution in [0.3, 0.4) is 0 Å². The van der Waals surface area contributed by atoms with E-state index in [0.717, 1.165) is 11.8 Å². The third-order valence-corrected chi connectivity index (χ3v) is 4.88. The first kappa shape index (κ1) is 39.9. The summed E-state index contributed by atoms with van der Waals surface area (Å²) < 4.78 is 4.41. The van der Waals surface area contributed by atoms with Crippen molar-refractivity contribution in [1.82, 2.24) is 0 Å². The van der Waals surface area contributed by atoms with Crippen LogP contribution in [0.1, 0.15) is 20.7 Å². The van der Waals surface area contributed by atoms with Crippen LogP contribution in [-0.2, 0) is 4.79 Å². The van der Waals surface area contributed by atoms with Crippen LogP contribution in [0, 0.1) is 30.3 Å². The molecule has 4 N–H and O–H groups in total. The smallest absolute Gasteiger partial charge is 0.335 e. The van der Waals surface area contributed by atoms with Crippen LogP contribution in [-0.4, -0.2) is 68.0 Å². The largest absolute Gasteiger partial charge is 0.508 e. The number of nitro groups is 2. The predicted molar refractivity (Wildman–Crippen MR) is 164 cm³/mol. The van der Waals surface area contributed by atoms with E-state index < -0.39 is 26.9 Å². The Morgan fingerprint density at radius 1 is 0.702 bits per heavy atom. The van der Waals surface area contributed by atoms with Crippen molar-refractivity contribution in [2.75, 3.05) is 19.0 Å². The van der Waals surface area contributed by atoms with Gasteiger partial charge in [0.05, 0.1) is 27.0 Å². The van der Waals surface area contributed by atoms with Gasteiger partial charge < -0.3 is 30.2 Å². The molecule has 0 aliphatic heterocycles. The molecule has 18 nitrogen and oxygen atoms in total. The lowest BCUT2D eigenvalue weighted by Gasteiger charge is -2.11. The molecule has 4 aromatic carbocycles. The summed E-state index contributed by atoms with van der Waals surface area (Å²) in [6.45, 7) is 0.221. The number of nitrogens with zero attached hydrogens (tertiary/aromatic N) is 4. The molecule has 0 aromatic heterocycles. The minimum absolute atomic E-state index is 0.0794. The van der Waals surface area contributed by atoms with E-state index in [1.807, 2.05) is 31.1 Å². The molecule has 0 unspecified atom stereocenters. The molecule has 47 heavy (non-hydrogen) atoms. The summed E-state index contributed by atoms with van der Waals surface area (Å²) in [4.78, 5) is 59.9. The maximum atomic E-state index is 10.4. The first-order valence-corrected chi connectivity index (χ1v) is 12.5. The van der Waals surface area contributed by atoms with Crippen LogP contribution >= 0.6 is 0 Å². The molecule has 0 atom stereocenters. The number of hydrogen-bond acceptors (Lipinski definition) is 12. The maximum absolute atomic E-state index is 10.4. The average Bonchev–Trinajstić information content (AvgIpc) is 3.02. The van der Waals surface area contributed by atoms with Gasteiger partial charge in [-0.15, -0.1) is 10.1 Å². The number of carboxylic acids is 2. The van der Waals surface area contributed by atoms with E-state index in [-0.39, 0.29) is 29.2 Å². The molecule has 248 valence electrons. The fourth-order valence-corrected chi connectivity index (χ4v) is 2.83. The topological polar surface area (TPSA) is 274 Å². The number of anilines is 1. The average molecular weight is 657 g/mol. The lowest BCUT2D eigenvalue weighted by Crippen LogP contribution is -2.07. The minimum atomic E-state index is -1.50. The summed E-state index contributed by atoms with van der Waals surface area (Å²) in [6, 6.07) is 25.7. The van der Waals surface area contributed by atoms with Gasteiger partial charge in [-0.05, 0) is 36.4 Å². The van der Waals surface area contributed by atoms with Gasteiger partial charge in [-0.2, -0.15) is 0 Å². The second-order valence-corrected chi connectivity index (χ2v) is 8.40. The summed E-state index contributed by atoms with van der Waals surface area (Å²) in [7, 11) is 3.88. The highest BCUT2D eigenvalue weighted by atomic mass is 16.9. The summed E-state index contributed by atoms with van der Waals surface area (Å²) in [5.74, 6) is -1.57. The van der Waals surface area contributed by atoms with E-state index in [1.165, 1.54) is 42.5 Å². The highest BCUT2D eigenvalue weighted by Gasteiger charge is 2.09. The summed E-state index contributed by atoms with van der Waals surface area (Å²) in [5.41, 5.74) is 0.950. The molecule has 18 heteroatoms. The second-order valence-electron chi connectivity index (χ2n) is 8.40. The standard InChI is InChI=1S/C8H11NO.2C7H5NO4.C7H6O2.HNO3/c1-9(2)7-4-3-5-8(10)6-7;9-5-12-7-3-1-2-6(4-7)8(10)11;9-7(10)5-2-1-3-6(4-5)8(11)12;8-7(9)6-4-2-1-3-5-6;2-1(3)4/h3-6,10H,1-2H3;1-5H;1-4H,(H,9,10);1-5H,(H,8,9);(H,2,3,4). The number of carbonyl (C=O) groups excluding carboxylic acids is 1. The molecule has 0 saturated heterocycles. The number of nitro benzene ring substituents is 2. The molecule has 0 spiro atoms. The van der Waals surface area contributed by atoms with Crippen molar-refractivity contribution in [2.24, 2.45) is 0 Å². The van der Waals surface area contributed by atoms with E-state index in [1.54, 1.807) is 42.5 Å². The zero-order chi connectivity index (χ0) is 35.9. The number of benzene rings is 4. The zero-order valence-corrected chi connectivity index (χ0v) is 24.6. The van der Waals surface area contributed by atoms with Crippen molar-refractivity contribution < 1.29 is 54.6 Å². The van der Waals surface area contributed by atoms with Crippen molar-refractivity contribution in [1.29, 1.82) is 0 Å². The lowest BCUT2D eigenvalue weighted by atomic mass is 10.2. The van der Waals surface area contributed by atoms with Crippen molar-refractivity contribution in [3.05, 3.63) is 145 Å². The first-order valence-electron chi connectivity index (χ1n) is 12.5. The number of aromatic carboxylic acids is 2. The minimum Gasteiger partial charge on any atom is -0.508 e. The van der Waals surface area contributed by atoms with Crippen LogP contribution in [0.5, 0.6) is 11.5 Å². The monoisotopic (exact) mass is 656 g/mol. The molecule has 0 amide bonds. The molecule has 0 fully saturated rings. The normalized spacial score (nSPS) is 8.89. The molecule has 0 heterocycles. The van der Waals surface area contributed by atoms with Crippen LogP contribution in [0.15, 0.2) is 103 Å². The SMILES string of the molecule is CN(C)c1cccc(O)c1.O=C(O)c1cccc([N+](=O)[O-])c1.O=C(O)c1ccccc1.O=COc1cccc([N+](=O)[O-])c1.O=[N+]([O-])O. The first-order chi connectivity index (χ1) is 22.1.